The maximum absolute atomic E-state index is 5.68. The Bertz CT molecular complexity index is 1810. The van der Waals surface area contributed by atoms with E-state index < -0.39 is 0 Å². The first kappa shape index (κ1) is 24.7. The van der Waals surface area contributed by atoms with Crippen LogP contribution in [0.4, 0.5) is 22.9 Å². The topological polar surface area (TPSA) is 76.3 Å². The Kier molecular flexibility index (Phi) is 6.00. The Balaban J connectivity index is 1.49. The van der Waals surface area contributed by atoms with Gasteiger partial charge in [0.25, 0.3) is 0 Å². The lowest BCUT2D eigenvalue weighted by atomic mass is 9.93. The Morgan fingerprint density at radius 2 is 1.51 bits per heavy atom. The number of anilines is 2. The average molecular weight is 541 g/mol. The van der Waals surface area contributed by atoms with Crippen molar-refractivity contribution in [2.75, 3.05) is 24.4 Å². The van der Waals surface area contributed by atoms with Gasteiger partial charge >= 0.3 is 0 Å². The normalized spacial score (nSPS) is 15.2. The highest BCUT2D eigenvalue weighted by atomic mass is 16.5. The monoisotopic (exact) mass is 540 g/mol. The first-order valence-electron chi connectivity index (χ1n) is 13.4. The maximum atomic E-state index is 5.68. The summed E-state index contributed by atoms with van der Waals surface area (Å²) < 4.78 is 13.1. The van der Waals surface area contributed by atoms with Crippen LogP contribution >= 0.6 is 0 Å². The standard InChI is InChI=1S/C33H28N6O2/c1-21-29-30(22-12-6-4-7-13-22)38-27-17-11-10-16-25(27)34-31(35-26-20-24(40-2)18-19-28(26)41-3)33(38)36-32(29)39(37-21)23-14-8-5-9-15-23/h4-20,30H,1-3H3,(H,34,35)/t30-/m1/s1. The van der Waals surface area contributed by atoms with Crippen molar-refractivity contribution in [3.05, 3.63) is 120 Å². The lowest BCUT2D eigenvalue weighted by molar-refractivity contribution is 0.405. The van der Waals surface area contributed by atoms with E-state index in [2.05, 4.69) is 47.5 Å². The molecule has 0 saturated carbocycles. The van der Waals surface area contributed by atoms with Gasteiger partial charge in [-0.05, 0) is 48.9 Å². The van der Waals surface area contributed by atoms with Crippen molar-refractivity contribution < 1.29 is 9.47 Å². The quantitative estimate of drug-likeness (QED) is 0.260. The highest BCUT2D eigenvalue weighted by molar-refractivity contribution is 6.51. The second kappa shape index (κ2) is 9.98. The molecule has 3 heterocycles. The maximum Gasteiger partial charge on any atom is 0.179 e. The minimum absolute atomic E-state index is 0.184. The van der Waals surface area contributed by atoms with Gasteiger partial charge in [-0.2, -0.15) is 5.10 Å². The van der Waals surface area contributed by atoms with Crippen molar-refractivity contribution in [3.8, 4) is 17.2 Å². The van der Waals surface area contributed by atoms with Crippen LogP contribution in [-0.4, -0.2) is 35.7 Å². The second-order valence-electron chi connectivity index (χ2n) is 9.83. The number of aryl methyl sites for hydroxylation is 1. The summed E-state index contributed by atoms with van der Waals surface area (Å²) in [6.07, 6.45) is 0. The molecular formula is C33H28N6O2. The number of benzene rings is 4. The van der Waals surface area contributed by atoms with Gasteiger partial charge in [0.05, 0.1) is 48.7 Å². The predicted molar refractivity (Wildman–Crippen MR) is 163 cm³/mol. The van der Waals surface area contributed by atoms with Gasteiger partial charge in [0.1, 0.15) is 11.5 Å². The molecule has 1 atom stereocenters. The van der Waals surface area contributed by atoms with Crippen LogP contribution in [0.25, 0.3) is 5.69 Å². The Morgan fingerprint density at radius 3 is 2.27 bits per heavy atom. The summed E-state index contributed by atoms with van der Waals surface area (Å²) in [5.41, 5.74) is 6.59. The largest absolute Gasteiger partial charge is 0.497 e. The van der Waals surface area contributed by atoms with Crippen LogP contribution in [0.1, 0.15) is 22.9 Å². The third-order valence-electron chi connectivity index (χ3n) is 7.41. The third kappa shape index (κ3) is 4.12. The van der Waals surface area contributed by atoms with Gasteiger partial charge in [-0.3, -0.25) is 0 Å². The summed E-state index contributed by atoms with van der Waals surface area (Å²) in [6, 6.07) is 34.2. The summed E-state index contributed by atoms with van der Waals surface area (Å²) in [4.78, 5) is 12.6. The summed E-state index contributed by atoms with van der Waals surface area (Å²) >= 11 is 0. The smallest absolute Gasteiger partial charge is 0.179 e. The molecule has 0 amide bonds. The van der Waals surface area contributed by atoms with Crippen LogP contribution in [0.3, 0.4) is 0 Å². The van der Waals surface area contributed by atoms with Crippen LogP contribution in [0.2, 0.25) is 0 Å². The average Bonchev–Trinajstić information content (AvgIpc) is 3.36. The molecule has 5 aromatic rings. The van der Waals surface area contributed by atoms with Crippen molar-refractivity contribution in [2.45, 2.75) is 13.0 Å². The fourth-order valence-electron chi connectivity index (χ4n) is 5.54. The zero-order chi connectivity index (χ0) is 27.9. The van der Waals surface area contributed by atoms with E-state index in [-0.39, 0.29) is 6.04 Å². The molecule has 1 aromatic heterocycles. The minimum atomic E-state index is -0.184. The molecule has 4 aromatic carbocycles. The number of nitrogens with one attached hydrogen (secondary N) is 1. The molecule has 0 saturated heterocycles. The number of para-hydroxylation sites is 3. The van der Waals surface area contributed by atoms with Gasteiger partial charge < -0.3 is 19.7 Å². The van der Waals surface area contributed by atoms with Crippen molar-refractivity contribution in [3.63, 3.8) is 0 Å². The summed E-state index contributed by atoms with van der Waals surface area (Å²) in [7, 11) is 3.29. The Morgan fingerprint density at radius 1 is 0.780 bits per heavy atom. The molecule has 0 unspecified atom stereocenters. The summed E-state index contributed by atoms with van der Waals surface area (Å²) in [5.74, 6) is 3.43. The molecule has 0 bridgehead atoms. The highest BCUT2D eigenvalue weighted by Crippen LogP contribution is 2.48. The molecule has 0 radical (unpaired) electrons. The number of ether oxygens (including phenoxy) is 2. The molecule has 7 rings (SSSR count). The molecule has 0 aliphatic carbocycles. The predicted octanol–water partition coefficient (Wildman–Crippen LogP) is 6.99. The fraction of sp³-hybridized carbons (Fsp3) is 0.121. The van der Waals surface area contributed by atoms with Gasteiger partial charge in [0.2, 0.25) is 0 Å². The van der Waals surface area contributed by atoms with Crippen LogP contribution in [0.15, 0.2) is 113 Å². The molecule has 1 N–H and O–H groups in total. The Labute approximate surface area is 238 Å². The molecule has 2 aliphatic heterocycles. The Hall–Kier alpha value is -5.37. The molecule has 202 valence electrons. The lowest BCUT2D eigenvalue weighted by Crippen LogP contribution is -2.46. The minimum Gasteiger partial charge on any atom is -0.497 e. The van der Waals surface area contributed by atoms with E-state index in [1.54, 1.807) is 14.2 Å². The van der Waals surface area contributed by atoms with Crippen molar-refractivity contribution in [1.29, 1.82) is 0 Å². The van der Waals surface area contributed by atoms with E-state index in [0.717, 1.165) is 45.4 Å². The van der Waals surface area contributed by atoms with Crippen molar-refractivity contribution in [1.82, 2.24) is 9.78 Å². The molecule has 2 aliphatic rings. The summed E-state index contributed by atoms with van der Waals surface area (Å²) in [6.45, 7) is 2.05. The number of aromatic nitrogens is 2. The van der Waals surface area contributed by atoms with E-state index in [9.17, 15) is 0 Å². The van der Waals surface area contributed by atoms with E-state index >= 15 is 0 Å². The zero-order valence-corrected chi connectivity index (χ0v) is 22.9. The van der Waals surface area contributed by atoms with Gasteiger partial charge in [-0.25, -0.2) is 14.7 Å². The van der Waals surface area contributed by atoms with Crippen LogP contribution in [0.5, 0.6) is 11.5 Å². The number of aliphatic imine (C=N–C) groups is 2. The number of methoxy groups -OCH3 is 2. The van der Waals surface area contributed by atoms with Crippen molar-refractivity contribution in [2.24, 2.45) is 9.98 Å². The second-order valence-corrected chi connectivity index (χ2v) is 9.83. The van der Waals surface area contributed by atoms with E-state index in [0.29, 0.717) is 23.2 Å². The number of fused-ring (bicyclic) bond motifs is 4. The van der Waals surface area contributed by atoms with E-state index in [4.69, 9.17) is 24.6 Å². The third-order valence-corrected chi connectivity index (χ3v) is 7.41. The van der Waals surface area contributed by atoms with E-state index in [1.165, 1.54) is 0 Å². The first-order chi connectivity index (χ1) is 20.2. The zero-order valence-electron chi connectivity index (χ0n) is 22.9. The fourth-order valence-corrected chi connectivity index (χ4v) is 5.54. The first-order valence-corrected chi connectivity index (χ1v) is 13.4. The molecule has 0 fully saturated rings. The van der Waals surface area contributed by atoms with Crippen LogP contribution in [0, 0.1) is 6.92 Å². The number of nitrogens with zero attached hydrogens (tertiary/aromatic N) is 5. The van der Waals surface area contributed by atoms with Gasteiger partial charge in [-0.1, -0.05) is 60.7 Å². The molecule has 41 heavy (non-hydrogen) atoms. The molecule has 0 spiro atoms. The van der Waals surface area contributed by atoms with Gasteiger partial charge in [-0.15, -0.1) is 0 Å². The van der Waals surface area contributed by atoms with Crippen LogP contribution < -0.4 is 19.7 Å². The highest BCUT2D eigenvalue weighted by Gasteiger charge is 2.41. The molecular weight excluding hydrogens is 512 g/mol. The number of rotatable bonds is 5. The molecule has 8 heteroatoms. The number of amidine groups is 2. The van der Waals surface area contributed by atoms with Crippen molar-refractivity contribution >= 4 is 34.6 Å². The van der Waals surface area contributed by atoms with Gasteiger partial charge in [0, 0.05) is 11.6 Å². The van der Waals surface area contributed by atoms with Crippen LogP contribution in [-0.2, 0) is 0 Å². The lowest BCUT2D eigenvalue weighted by Gasteiger charge is -2.40. The van der Waals surface area contributed by atoms with E-state index in [1.807, 2.05) is 77.5 Å². The summed E-state index contributed by atoms with van der Waals surface area (Å²) in [5, 5.41) is 8.52. The number of hydrogen-bond acceptors (Lipinski definition) is 7. The van der Waals surface area contributed by atoms with Gasteiger partial charge in [0.15, 0.2) is 17.5 Å². The molecule has 8 nitrogen and oxygen atoms in total. The SMILES string of the molecule is COc1ccc(OC)c(NC2=Nc3ccccc3N3C2=Nc2c(c(C)nn2-c2ccccc2)[C@H]3c2ccccc2)c1. The number of hydrogen-bond donors (Lipinski definition) is 1.